The molecule has 2 aromatic carbocycles. The van der Waals surface area contributed by atoms with Crippen molar-refractivity contribution in [3.05, 3.63) is 74.9 Å². The number of methoxy groups -OCH3 is 1. The molecule has 1 aliphatic rings. The van der Waals surface area contributed by atoms with Crippen molar-refractivity contribution < 1.29 is 24.2 Å². The smallest absolute Gasteiger partial charge is 0.296 e. The van der Waals surface area contributed by atoms with Gasteiger partial charge in [0.05, 0.1) is 51.1 Å². The Morgan fingerprint density at radius 3 is 2.44 bits per heavy atom. The lowest BCUT2D eigenvalue weighted by Crippen LogP contribution is -2.30. The van der Waals surface area contributed by atoms with Crippen LogP contribution in [0.1, 0.15) is 38.9 Å². The zero-order chi connectivity index (χ0) is 25.6. The van der Waals surface area contributed by atoms with Crippen molar-refractivity contribution in [2.24, 2.45) is 0 Å². The summed E-state index contributed by atoms with van der Waals surface area (Å²) in [6, 6.07) is 11.7. The van der Waals surface area contributed by atoms with Gasteiger partial charge in [-0.15, -0.1) is 11.3 Å². The summed E-state index contributed by atoms with van der Waals surface area (Å²) in [5, 5.41) is 12.1. The fourth-order valence-corrected chi connectivity index (χ4v) is 6.15. The minimum Gasteiger partial charge on any atom is -0.503 e. The Labute approximate surface area is 215 Å². The van der Waals surface area contributed by atoms with Gasteiger partial charge in [-0.25, -0.2) is 9.97 Å². The van der Waals surface area contributed by atoms with E-state index < -0.39 is 23.5 Å². The van der Waals surface area contributed by atoms with Gasteiger partial charge in [0.25, 0.3) is 5.91 Å². The van der Waals surface area contributed by atoms with E-state index in [1.54, 1.807) is 38.3 Å². The van der Waals surface area contributed by atoms with Crippen LogP contribution in [-0.4, -0.2) is 40.5 Å². The van der Waals surface area contributed by atoms with Gasteiger partial charge in [0.2, 0.25) is 5.78 Å². The minimum atomic E-state index is -0.871. The number of carbonyl (C=O) groups excluding carboxylic acids is 2. The van der Waals surface area contributed by atoms with Crippen LogP contribution in [0.2, 0.25) is 0 Å². The summed E-state index contributed by atoms with van der Waals surface area (Å²) in [6.45, 7) is 5.99. The second-order valence-corrected chi connectivity index (χ2v) is 10.4. The number of anilines is 1. The second-order valence-electron chi connectivity index (χ2n) is 8.15. The first kappa shape index (κ1) is 24.0. The monoisotopic (exact) mass is 521 g/mol. The number of aliphatic hydroxyl groups is 1. The number of Topliss-reactive ketones (excluding diaryl/α,β-unsaturated/α-hetero) is 1. The van der Waals surface area contributed by atoms with E-state index in [9.17, 15) is 14.7 Å². The Hall–Kier alpha value is -3.76. The van der Waals surface area contributed by atoms with E-state index in [2.05, 4.69) is 9.97 Å². The molecule has 2 aromatic heterocycles. The van der Waals surface area contributed by atoms with Crippen LogP contribution in [0, 0.1) is 13.8 Å². The van der Waals surface area contributed by atoms with Crippen LogP contribution in [0.4, 0.5) is 5.13 Å². The number of aryl methyl sites for hydroxylation is 2. The van der Waals surface area contributed by atoms with E-state index in [0.29, 0.717) is 44.9 Å². The second kappa shape index (κ2) is 9.36. The van der Waals surface area contributed by atoms with Crippen molar-refractivity contribution in [3.63, 3.8) is 0 Å². The molecule has 3 heterocycles. The number of carbonyl (C=O) groups is 2. The van der Waals surface area contributed by atoms with Crippen LogP contribution in [-0.2, 0) is 4.79 Å². The van der Waals surface area contributed by atoms with Crippen molar-refractivity contribution in [3.8, 4) is 11.5 Å². The fourth-order valence-electron chi connectivity index (χ4n) is 4.25. The Bertz CT molecular complexity index is 1520. The molecule has 0 radical (unpaired) electrons. The number of nitrogens with zero attached hydrogens (tertiary/aromatic N) is 3. The fraction of sp³-hybridized carbons (Fsp3) is 0.231. The summed E-state index contributed by atoms with van der Waals surface area (Å²) in [6.07, 6.45) is 0. The third-order valence-corrected chi connectivity index (χ3v) is 7.95. The maximum atomic E-state index is 13.7. The third kappa shape index (κ3) is 4.02. The molecule has 184 valence electrons. The molecule has 0 saturated heterocycles. The van der Waals surface area contributed by atoms with Gasteiger partial charge in [-0.1, -0.05) is 23.5 Å². The number of ether oxygens (including phenoxy) is 2. The standard InChI is InChI=1S/C26H23N3O5S2/c1-5-34-17-10-11-18-19(12-17)36-26(28-18)29-21(15-6-8-16(33-4)9-7-15)20(23(31)25(29)32)22(30)24-13(2)27-14(3)35-24/h6-12,21,31H,5H2,1-4H3. The molecule has 1 unspecified atom stereocenters. The number of benzene rings is 2. The molecule has 1 atom stereocenters. The summed E-state index contributed by atoms with van der Waals surface area (Å²) in [4.78, 5) is 38.0. The predicted molar refractivity (Wildman–Crippen MR) is 140 cm³/mol. The van der Waals surface area contributed by atoms with Crippen molar-refractivity contribution >= 4 is 49.7 Å². The van der Waals surface area contributed by atoms with Gasteiger partial charge < -0.3 is 14.6 Å². The molecule has 0 bridgehead atoms. The number of hydrogen-bond donors (Lipinski definition) is 1. The van der Waals surface area contributed by atoms with E-state index in [1.807, 2.05) is 32.0 Å². The molecule has 10 heteroatoms. The Morgan fingerprint density at radius 1 is 1.08 bits per heavy atom. The highest BCUT2D eigenvalue weighted by Crippen LogP contribution is 2.45. The van der Waals surface area contributed by atoms with E-state index in [1.165, 1.54) is 27.6 Å². The van der Waals surface area contributed by atoms with Gasteiger partial charge in [0.1, 0.15) is 11.5 Å². The summed E-state index contributed by atoms with van der Waals surface area (Å²) in [5.74, 6) is -0.352. The highest BCUT2D eigenvalue weighted by molar-refractivity contribution is 7.22. The van der Waals surface area contributed by atoms with Crippen molar-refractivity contribution in [1.82, 2.24) is 9.97 Å². The van der Waals surface area contributed by atoms with Crippen LogP contribution >= 0.6 is 22.7 Å². The lowest BCUT2D eigenvalue weighted by molar-refractivity contribution is -0.117. The van der Waals surface area contributed by atoms with E-state index in [4.69, 9.17) is 9.47 Å². The molecule has 1 aliphatic heterocycles. The Kier molecular flexibility index (Phi) is 6.23. The number of rotatable bonds is 7. The summed E-state index contributed by atoms with van der Waals surface area (Å²) < 4.78 is 11.7. The average Bonchev–Trinajstić information content (AvgIpc) is 3.51. The van der Waals surface area contributed by atoms with Crippen molar-refractivity contribution in [2.75, 3.05) is 18.6 Å². The minimum absolute atomic E-state index is 0.00572. The normalized spacial score (nSPS) is 15.7. The Balaban J connectivity index is 1.65. The number of amides is 1. The van der Waals surface area contributed by atoms with Crippen LogP contribution in [0.5, 0.6) is 11.5 Å². The van der Waals surface area contributed by atoms with Crippen LogP contribution in [0.15, 0.2) is 53.8 Å². The Morgan fingerprint density at radius 2 is 1.81 bits per heavy atom. The highest BCUT2D eigenvalue weighted by Gasteiger charge is 2.46. The molecule has 5 rings (SSSR count). The van der Waals surface area contributed by atoms with Gasteiger partial charge in [0, 0.05) is 0 Å². The summed E-state index contributed by atoms with van der Waals surface area (Å²) in [5.41, 5.74) is 1.90. The number of aromatic nitrogens is 2. The van der Waals surface area contributed by atoms with E-state index in [-0.39, 0.29) is 5.57 Å². The molecule has 0 fully saturated rings. The zero-order valence-electron chi connectivity index (χ0n) is 20.1. The van der Waals surface area contributed by atoms with Crippen LogP contribution in [0.3, 0.4) is 0 Å². The first-order chi connectivity index (χ1) is 17.3. The molecule has 1 N–H and O–H groups in total. The lowest BCUT2D eigenvalue weighted by Gasteiger charge is -2.24. The van der Waals surface area contributed by atoms with Gasteiger partial charge in [-0.05, 0) is 56.7 Å². The first-order valence-electron chi connectivity index (χ1n) is 11.2. The van der Waals surface area contributed by atoms with Crippen molar-refractivity contribution in [1.29, 1.82) is 0 Å². The molecule has 0 aliphatic carbocycles. The van der Waals surface area contributed by atoms with Gasteiger partial charge in [-0.3, -0.25) is 14.5 Å². The molecule has 8 nitrogen and oxygen atoms in total. The highest BCUT2D eigenvalue weighted by atomic mass is 32.1. The molecular weight excluding hydrogens is 498 g/mol. The number of aliphatic hydroxyl groups excluding tert-OH is 1. The first-order valence-corrected chi connectivity index (χ1v) is 12.9. The van der Waals surface area contributed by atoms with E-state index >= 15 is 0 Å². The number of ketones is 1. The average molecular weight is 522 g/mol. The zero-order valence-corrected chi connectivity index (χ0v) is 21.7. The summed E-state index contributed by atoms with van der Waals surface area (Å²) in [7, 11) is 1.56. The molecular formula is C26H23N3O5S2. The van der Waals surface area contributed by atoms with Gasteiger partial charge in [-0.2, -0.15) is 0 Å². The SMILES string of the molecule is CCOc1ccc2nc(N3C(=O)C(O)=C(C(=O)c4sc(C)nc4C)C3c3ccc(OC)cc3)sc2c1. The number of thiazole rings is 2. The number of fused-ring (bicyclic) bond motifs is 1. The van der Waals surface area contributed by atoms with Crippen LogP contribution < -0.4 is 14.4 Å². The van der Waals surface area contributed by atoms with Crippen molar-refractivity contribution in [2.45, 2.75) is 26.8 Å². The maximum Gasteiger partial charge on any atom is 0.296 e. The molecule has 1 amide bonds. The van der Waals surface area contributed by atoms with Gasteiger partial charge >= 0.3 is 0 Å². The number of hydrogen-bond acceptors (Lipinski definition) is 9. The topological polar surface area (TPSA) is 102 Å². The quantitative estimate of drug-likeness (QED) is 0.318. The third-order valence-electron chi connectivity index (χ3n) is 5.86. The molecule has 4 aromatic rings. The predicted octanol–water partition coefficient (Wildman–Crippen LogP) is 5.56. The van der Waals surface area contributed by atoms with Crippen LogP contribution in [0.25, 0.3) is 10.2 Å². The molecule has 36 heavy (non-hydrogen) atoms. The molecule has 0 saturated carbocycles. The largest absolute Gasteiger partial charge is 0.503 e. The maximum absolute atomic E-state index is 13.7. The lowest BCUT2D eigenvalue weighted by atomic mass is 9.95. The van der Waals surface area contributed by atoms with Gasteiger partial charge in [0.15, 0.2) is 10.9 Å². The molecule has 0 spiro atoms. The summed E-state index contributed by atoms with van der Waals surface area (Å²) >= 11 is 2.53. The van der Waals surface area contributed by atoms with E-state index in [0.717, 1.165) is 9.71 Å².